The maximum absolute atomic E-state index is 13.3. The van der Waals surface area contributed by atoms with Gasteiger partial charge in [-0.15, -0.1) is 11.8 Å². The molecule has 242 valence electrons. The van der Waals surface area contributed by atoms with Crippen LogP contribution in [0, 0.1) is 17.8 Å². The minimum absolute atomic E-state index is 0.00619. The van der Waals surface area contributed by atoms with E-state index >= 15 is 0 Å². The van der Waals surface area contributed by atoms with E-state index in [2.05, 4.69) is 16.0 Å². The van der Waals surface area contributed by atoms with Gasteiger partial charge < -0.3 is 30.5 Å². The zero-order chi connectivity index (χ0) is 31.7. The molecule has 3 amide bonds. The number of ether oxygens (including phenoxy) is 2. The number of benzene rings is 3. The highest BCUT2D eigenvalue weighted by molar-refractivity contribution is 7.99. The van der Waals surface area contributed by atoms with Gasteiger partial charge in [0.2, 0.25) is 5.91 Å². The molecule has 1 saturated heterocycles. The molecular formula is C37H43N3O5S. The van der Waals surface area contributed by atoms with Gasteiger partial charge in [0, 0.05) is 46.5 Å². The highest BCUT2D eigenvalue weighted by atomic mass is 32.2. The number of carbonyl (C=O) groups is 2. The van der Waals surface area contributed by atoms with Gasteiger partial charge in [0.1, 0.15) is 0 Å². The number of thioether (sulfide) groups is 1. The Balaban J connectivity index is 1.04. The van der Waals surface area contributed by atoms with E-state index in [4.69, 9.17) is 9.47 Å². The summed E-state index contributed by atoms with van der Waals surface area (Å²) in [6.45, 7) is 1.49. The van der Waals surface area contributed by atoms with E-state index in [1.165, 1.54) is 26.2 Å². The number of nitrogens with one attached hydrogen (secondary N) is 3. The van der Waals surface area contributed by atoms with Crippen LogP contribution in [-0.4, -0.2) is 34.4 Å². The summed E-state index contributed by atoms with van der Waals surface area (Å²) in [5.74, 6) is 2.91. The lowest BCUT2D eigenvalue weighted by Crippen LogP contribution is -2.60. The molecule has 1 aliphatic heterocycles. The van der Waals surface area contributed by atoms with Crippen LogP contribution in [0.3, 0.4) is 0 Å². The van der Waals surface area contributed by atoms with Crippen LogP contribution in [-0.2, 0) is 20.9 Å². The lowest BCUT2D eigenvalue weighted by Gasteiger charge is -2.56. The molecule has 4 aliphatic carbocycles. The van der Waals surface area contributed by atoms with Crippen molar-refractivity contribution in [3.63, 3.8) is 0 Å². The lowest BCUT2D eigenvalue weighted by atomic mass is 9.53. The summed E-state index contributed by atoms with van der Waals surface area (Å²) >= 11 is 1.70. The van der Waals surface area contributed by atoms with Crippen LogP contribution in [0.25, 0.3) is 0 Å². The summed E-state index contributed by atoms with van der Waals surface area (Å²) in [5, 5.41) is 18.9. The van der Waals surface area contributed by atoms with Crippen molar-refractivity contribution in [3.05, 3.63) is 89.5 Å². The Kier molecular flexibility index (Phi) is 9.10. The predicted molar refractivity (Wildman–Crippen MR) is 179 cm³/mol. The van der Waals surface area contributed by atoms with Crippen LogP contribution in [0.2, 0.25) is 0 Å². The van der Waals surface area contributed by atoms with Crippen molar-refractivity contribution < 1.29 is 24.2 Å². The molecule has 4 bridgehead atoms. The summed E-state index contributed by atoms with van der Waals surface area (Å²) in [6, 6.07) is 23.3. The monoisotopic (exact) mass is 641 g/mol. The van der Waals surface area contributed by atoms with Crippen LogP contribution < -0.4 is 16.0 Å². The van der Waals surface area contributed by atoms with Crippen molar-refractivity contribution in [1.82, 2.24) is 5.32 Å². The summed E-state index contributed by atoms with van der Waals surface area (Å²) < 4.78 is 13.1. The molecule has 4 N–H and O–H groups in total. The Morgan fingerprint density at radius 2 is 1.52 bits per heavy atom. The largest absolute Gasteiger partial charge is 0.392 e. The molecule has 3 aromatic carbocycles. The van der Waals surface area contributed by atoms with Crippen LogP contribution in [0.1, 0.15) is 81.0 Å². The predicted octanol–water partition coefficient (Wildman–Crippen LogP) is 7.57. The van der Waals surface area contributed by atoms with E-state index in [9.17, 15) is 14.7 Å². The second-order valence-electron chi connectivity index (χ2n) is 13.8. The van der Waals surface area contributed by atoms with E-state index in [1.807, 2.05) is 72.8 Å². The van der Waals surface area contributed by atoms with Crippen LogP contribution >= 0.6 is 11.8 Å². The molecule has 3 atom stereocenters. The first kappa shape index (κ1) is 31.2. The molecule has 9 heteroatoms. The molecule has 5 fully saturated rings. The van der Waals surface area contributed by atoms with E-state index in [-0.39, 0.29) is 36.3 Å². The average Bonchev–Trinajstić information content (AvgIpc) is 3.03. The van der Waals surface area contributed by atoms with Gasteiger partial charge in [0.25, 0.3) is 0 Å². The molecule has 4 saturated carbocycles. The number of aliphatic hydroxyl groups excluding tert-OH is 1. The first-order valence-electron chi connectivity index (χ1n) is 16.5. The summed E-state index contributed by atoms with van der Waals surface area (Å²) in [4.78, 5) is 25.8. The van der Waals surface area contributed by atoms with Crippen molar-refractivity contribution in [3.8, 4) is 0 Å². The Hall–Kier alpha value is -3.37. The maximum Gasteiger partial charge on any atom is 0.319 e. The number of rotatable bonds is 9. The van der Waals surface area contributed by atoms with Gasteiger partial charge in [0.15, 0.2) is 6.29 Å². The molecule has 0 radical (unpaired) electrons. The Morgan fingerprint density at radius 3 is 2.17 bits per heavy atom. The SMILES string of the molecule is CC(=O)Nc1ccc(SC[C@@H]2C[C@H](c3ccc(CO)cc3)O[C@H](c3cccc(NC(=O)NC45CC6CC(CC(C6)C4)C5)c3)O2)cc1. The topological polar surface area (TPSA) is 109 Å². The van der Waals surface area contributed by atoms with Gasteiger partial charge in [-0.25, -0.2) is 4.79 Å². The quantitative estimate of drug-likeness (QED) is 0.180. The van der Waals surface area contributed by atoms with Gasteiger partial charge in [-0.2, -0.15) is 0 Å². The zero-order valence-corrected chi connectivity index (χ0v) is 27.1. The van der Waals surface area contributed by atoms with E-state index in [0.717, 1.165) is 70.0 Å². The van der Waals surface area contributed by atoms with E-state index in [0.29, 0.717) is 12.1 Å². The molecule has 0 aromatic heterocycles. The molecule has 0 spiro atoms. The van der Waals surface area contributed by atoms with Crippen LogP contribution in [0.15, 0.2) is 77.7 Å². The van der Waals surface area contributed by atoms with Gasteiger partial charge in [0.05, 0.1) is 18.8 Å². The molecule has 5 aliphatic rings. The smallest absolute Gasteiger partial charge is 0.319 e. The molecule has 8 nitrogen and oxygen atoms in total. The van der Waals surface area contributed by atoms with Crippen molar-refractivity contribution in [2.24, 2.45) is 17.8 Å². The summed E-state index contributed by atoms with van der Waals surface area (Å²) in [5.41, 5.74) is 4.16. The summed E-state index contributed by atoms with van der Waals surface area (Å²) in [7, 11) is 0. The van der Waals surface area contributed by atoms with Crippen molar-refractivity contribution in [2.45, 2.75) is 87.4 Å². The Labute approximate surface area is 275 Å². The maximum atomic E-state index is 13.3. The van der Waals surface area contributed by atoms with Gasteiger partial charge in [-0.05, 0) is 104 Å². The first-order chi connectivity index (χ1) is 22.3. The molecule has 1 heterocycles. The van der Waals surface area contributed by atoms with Gasteiger partial charge in [-0.1, -0.05) is 36.4 Å². The number of aliphatic hydroxyl groups is 1. The molecule has 8 rings (SSSR count). The van der Waals surface area contributed by atoms with E-state index in [1.54, 1.807) is 11.8 Å². The third-order valence-corrected chi connectivity index (χ3v) is 11.2. The molecular weight excluding hydrogens is 598 g/mol. The highest BCUT2D eigenvalue weighted by Crippen LogP contribution is 2.55. The number of hydrogen-bond acceptors (Lipinski definition) is 6. The van der Waals surface area contributed by atoms with Crippen LogP contribution in [0.5, 0.6) is 0 Å². The zero-order valence-electron chi connectivity index (χ0n) is 26.2. The fourth-order valence-corrected chi connectivity index (χ4v) is 9.40. The normalized spacial score (nSPS) is 29.7. The Bertz CT molecular complexity index is 1510. The minimum atomic E-state index is -0.614. The van der Waals surface area contributed by atoms with E-state index < -0.39 is 6.29 Å². The molecule has 3 aromatic rings. The number of urea groups is 1. The second kappa shape index (κ2) is 13.4. The van der Waals surface area contributed by atoms with Gasteiger partial charge in [-0.3, -0.25) is 4.79 Å². The molecule has 0 unspecified atom stereocenters. The van der Waals surface area contributed by atoms with Gasteiger partial charge >= 0.3 is 6.03 Å². The third-order valence-electron chi connectivity index (χ3n) is 10.1. The molecule has 46 heavy (non-hydrogen) atoms. The number of hydrogen-bond donors (Lipinski definition) is 4. The summed E-state index contributed by atoms with van der Waals surface area (Å²) in [6.07, 6.45) is 7.09. The average molecular weight is 642 g/mol. The Morgan fingerprint density at radius 1 is 0.826 bits per heavy atom. The fourth-order valence-electron chi connectivity index (χ4n) is 8.48. The van der Waals surface area contributed by atoms with Crippen molar-refractivity contribution in [2.75, 3.05) is 16.4 Å². The standard InChI is InChI=1S/C37H43N3O5S/c1-23(42)38-30-9-11-33(12-10-30)46-22-32-17-34(28-7-5-24(21-41)6-8-28)45-35(44-32)29-3-2-4-31(16-29)39-36(43)40-37-18-25-13-26(19-37)15-27(14-25)20-37/h2-12,16,25-27,32,34-35,41H,13-15,17-22H2,1H3,(H,38,42)(H2,39,40,43)/t25?,26?,27?,32-,34+,35+,37?/m0/s1. The fraction of sp³-hybridized carbons (Fsp3) is 0.459. The number of anilines is 2. The third kappa shape index (κ3) is 7.28. The second-order valence-corrected chi connectivity index (χ2v) is 14.9. The number of amides is 3. The minimum Gasteiger partial charge on any atom is -0.392 e. The van der Waals surface area contributed by atoms with Crippen LogP contribution in [0.4, 0.5) is 16.2 Å². The highest BCUT2D eigenvalue weighted by Gasteiger charge is 2.51. The van der Waals surface area contributed by atoms with Crippen molar-refractivity contribution in [1.29, 1.82) is 0 Å². The van der Waals surface area contributed by atoms with Crippen molar-refractivity contribution >= 4 is 35.1 Å². The number of carbonyl (C=O) groups excluding carboxylic acids is 2. The first-order valence-corrected chi connectivity index (χ1v) is 17.5. The lowest BCUT2D eigenvalue weighted by molar-refractivity contribution is -0.245.